The van der Waals surface area contributed by atoms with E-state index in [2.05, 4.69) is 27.9 Å². The maximum atomic E-state index is 13.7. The van der Waals surface area contributed by atoms with E-state index in [1.165, 1.54) is 16.9 Å². The number of hydrogen-bond donors (Lipinski definition) is 3. The summed E-state index contributed by atoms with van der Waals surface area (Å²) in [6.45, 7) is 5.95. The van der Waals surface area contributed by atoms with Gasteiger partial charge in [-0.25, -0.2) is 14.5 Å². The molecule has 3 heterocycles. The first-order valence-corrected chi connectivity index (χ1v) is 15.7. The number of rotatable bonds is 7. The number of aromatic nitrogens is 2. The number of hydrazine groups is 1. The van der Waals surface area contributed by atoms with Crippen LogP contribution in [-0.2, 0) is 6.54 Å². The Morgan fingerprint density at radius 1 is 0.977 bits per heavy atom. The van der Waals surface area contributed by atoms with Gasteiger partial charge in [0.05, 0.1) is 26.2 Å². The first-order valence-electron chi connectivity index (χ1n) is 14.2. The van der Waals surface area contributed by atoms with Crippen molar-refractivity contribution in [1.29, 1.82) is 0 Å². The highest BCUT2D eigenvalue weighted by atomic mass is 35.5. The Hall–Kier alpha value is -3.81. The van der Waals surface area contributed by atoms with E-state index in [0.29, 0.717) is 33.5 Å². The van der Waals surface area contributed by atoms with Gasteiger partial charge in [0.25, 0.3) is 5.91 Å². The van der Waals surface area contributed by atoms with Crippen molar-refractivity contribution >= 4 is 46.5 Å². The normalized spacial score (nSPS) is 13.2. The summed E-state index contributed by atoms with van der Waals surface area (Å²) in [5.74, 6) is 6.12. The third kappa shape index (κ3) is 7.59. The summed E-state index contributed by atoms with van der Waals surface area (Å²) in [5, 5.41) is 13.2. The van der Waals surface area contributed by atoms with Crippen LogP contribution in [0.5, 0.6) is 0 Å². The predicted octanol–water partition coefficient (Wildman–Crippen LogP) is 6.57. The predicted molar refractivity (Wildman–Crippen MR) is 173 cm³/mol. The lowest BCUT2D eigenvalue weighted by Gasteiger charge is -2.26. The van der Waals surface area contributed by atoms with E-state index >= 15 is 0 Å². The Kier molecular flexibility index (Phi) is 10.1. The number of aryl methyl sites for hydroxylation is 1. The number of nitrogens with one attached hydrogen (secondary N) is 3. The van der Waals surface area contributed by atoms with Crippen LogP contribution in [0.2, 0.25) is 10.0 Å². The molecular weight excluding hydrogens is 603 g/mol. The summed E-state index contributed by atoms with van der Waals surface area (Å²) in [4.78, 5) is 27.9. The highest BCUT2D eigenvalue weighted by Crippen LogP contribution is 2.36. The van der Waals surface area contributed by atoms with Crippen molar-refractivity contribution in [3.8, 4) is 28.1 Å². The van der Waals surface area contributed by atoms with Crippen molar-refractivity contribution in [2.24, 2.45) is 0 Å². The molecular formula is C32H32Cl2N6O2S. The molecule has 222 valence electrons. The molecule has 4 aromatic rings. The molecule has 1 aliphatic heterocycles. The van der Waals surface area contributed by atoms with Crippen molar-refractivity contribution < 1.29 is 9.59 Å². The number of carbonyl (C=O) groups excluding carboxylic acids is 2. The van der Waals surface area contributed by atoms with Crippen molar-refractivity contribution in [3.05, 3.63) is 91.9 Å². The molecule has 0 atom stereocenters. The molecule has 0 saturated carbocycles. The van der Waals surface area contributed by atoms with Crippen LogP contribution in [0.25, 0.3) is 16.3 Å². The van der Waals surface area contributed by atoms with Crippen LogP contribution in [0, 0.1) is 18.8 Å². The maximum Gasteiger partial charge on any atom is 0.315 e. The molecule has 0 aliphatic carbocycles. The molecule has 2 aromatic carbocycles. The summed E-state index contributed by atoms with van der Waals surface area (Å²) in [7, 11) is 0. The second-order valence-corrected chi connectivity index (χ2v) is 12.1. The van der Waals surface area contributed by atoms with Crippen LogP contribution in [0.3, 0.4) is 0 Å². The molecule has 0 unspecified atom stereocenters. The van der Waals surface area contributed by atoms with Crippen LogP contribution >= 0.6 is 34.5 Å². The highest BCUT2D eigenvalue weighted by Gasteiger charge is 2.28. The Bertz CT molecular complexity index is 1680. The van der Waals surface area contributed by atoms with Gasteiger partial charge in [0.15, 0.2) is 5.69 Å². The van der Waals surface area contributed by atoms with E-state index in [1.54, 1.807) is 22.9 Å². The number of thiophene rings is 1. The molecule has 3 amide bonds. The van der Waals surface area contributed by atoms with Crippen LogP contribution in [0.15, 0.2) is 54.6 Å². The van der Waals surface area contributed by atoms with E-state index < -0.39 is 0 Å². The minimum absolute atomic E-state index is 0.0669. The fourth-order valence-electron chi connectivity index (χ4n) is 4.78. The molecule has 1 fully saturated rings. The van der Waals surface area contributed by atoms with Crippen molar-refractivity contribution in [1.82, 2.24) is 30.8 Å². The van der Waals surface area contributed by atoms with E-state index in [0.717, 1.165) is 47.7 Å². The summed E-state index contributed by atoms with van der Waals surface area (Å²) >= 11 is 14.4. The van der Waals surface area contributed by atoms with Crippen molar-refractivity contribution in [3.63, 3.8) is 0 Å². The first kappa shape index (κ1) is 30.6. The van der Waals surface area contributed by atoms with E-state index in [-0.39, 0.29) is 24.2 Å². The molecule has 3 N–H and O–H groups in total. The molecule has 0 spiro atoms. The number of halogens is 2. The fraction of sp³-hybridized carbons (Fsp3) is 0.281. The monoisotopic (exact) mass is 634 g/mol. The lowest BCUT2D eigenvalue weighted by Crippen LogP contribution is -2.45. The number of nitrogens with zero attached hydrogens (tertiary/aromatic N) is 3. The standard InChI is InChI=1S/C32H32Cl2N6O2S/c1-3-35-32(42)36-20-25-29(31(41)38-39-17-5-4-6-18-39)37-40(27-15-12-23(33)19-26(27)34)30(25)28-16-14-24(43-28)13-11-22-9-7-21(2)8-10-22/h7-10,12,14-16,19H,3-6,17-18,20H2,1-2H3,(H,38,41)(H2,35,36,42). The van der Waals surface area contributed by atoms with Crippen LogP contribution in [0.4, 0.5) is 4.79 Å². The van der Waals surface area contributed by atoms with Gasteiger partial charge in [-0.05, 0) is 69.2 Å². The zero-order valence-electron chi connectivity index (χ0n) is 24.0. The molecule has 2 aromatic heterocycles. The number of carbonyl (C=O) groups is 2. The maximum absolute atomic E-state index is 13.7. The van der Waals surface area contributed by atoms with E-state index in [1.807, 2.05) is 55.3 Å². The molecule has 0 bridgehead atoms. The van der Waals surface area contributed by atoms with Crippen molar-refractivity contribution in [2.45, 2.75) is 39.7 Å². The molecule has 1 aliphatic rings. The van der Waals surface area contributed by atoms with Crippen LogP contribution in [0.1, 0.15) is 58.2 Å². The number of piperidine rings is 1. The lowest BCUT2D eigenvalue weighted by atomic mass is 10.1. The minimum atomic E-state index is -0.351. The average Bonchev–Trinajstić information content (AvgIpc) is 3.61. The average molecular weight is 636 g/mol. The second kappa shape index (κ2) is 14.1. The summed E-state index contributed by atoms with van der Waals surface area (Å²) in [6, 6.07) is 16.7. The fourth-order valence-corrected chi connectivity index (χ4v) is 6.18. The Morgan fingerprint density at radius 3 is 2.47 bits per heavy atom. The van der Waals surface area contributed by atoms with Gasteiger partial charge in [-0.2, -0.15) is 5.10 Å². The largest absolute Gasteiger partial charge is 0.338 e. The Balaban J connectivity index is 1.61. The Labute approximate surface area is 265 Å². The zero-order valence-corrected chi connectivity index (χ0v) is 26.3. The summed E-state index contributed by atoms with van der Waals surface area (Å²) < 4.78 is 1.65. The van der Waals surface area contributed by atoms with Gasteiger partial charge in [0.1, 0.15) is 0 Å². The minimum Gasteiger partial charge on any atom is -0.338 e. The van der Waals surface area contributed by atoms with Crippen LogP contribution in [-0.4, -0.2) is 46.4 Å². The second-order valence-electron chi connectivity index (χ2n) is 10.2. The van der Waals surface area contributed by atoms with Gasteiger partial charge in [-0.1, -0.05) is 59.2 Å². The molecule has 43 heavy (non-hydrogen) atoms. The topological polar surface area (TPSA) is 91.3 Å². The van der Waals surface area contributed by atoms with Gasteiger partial charge in [0, 0.05) is 42.3 Å². The molecule has 8 nitrogen and oxygen atoms in total. The zero-order chi connectivity index (χ0) is 30.3. The van der Waals surface area contributed by atoms with E-state index in [4.69, 9.17) is 28.3 Å². The highest BCUT2D eigenvalue weighted by molar-refractivity contribution is 7.16. The molecule has 0 radical (unpaired) electrons. The Morgan fingerprint density at radius 2 is 1.74 bits per heavy atom. The third-order valence-electron chi connectivity index (χ3n) is 6.94. The lowest BCUT2D eigenvalue weighted by molar-refractivity contribution is 0.0743. The van der Waals surface area contributed by atoms with Gasteiger partial charge in [-0.3, -0.25) is 10.2 Å². The molecule has 5 rings (SSSR count). The van der Waals surface area contributed by atoms with Crippen molar-refractivity contribution in [2.75, 3.05) is 19.6 Å². The summed E-state index contributed by atoms with van der Waals surface area (Å²) in [5.41, 5.74) is 7.06. The third-order valence-corrected chi connectivity index (χ3v) is 8.48. The van der Waals surface area contributed by atoms with E-state index in [9.17, 15) is 9.59 Å². The number of benzene rings is 2. The number of hydrogen-bond acceptors (Lipinski definition) is 5. The van der Waals surface area contributed by atoms with Gasteiger partial charge in [0.2, 0.25) is 0 Å². The molecule has 1 saturated heterocycles. The first-order chi connectivity index (χ1) is 20.8. The quantitative estimate of drug-likeness (QED) is 0.201. The van der Waals surface area contributed by atoms with Gasteiger partial charge in [-0.15, -0.1) is 11.3 Å². The van der Waals surface area contributed by atoms with Gasteiger partial charge >= 0.3 is 6.03 Å². The number of urea groups is 1. The smallest absolute Gasteiger partial charge is 0.315 e. The summed E-state index contributed by atoms with van der Waals surface area (Å²) in [6.07, 6.45) is 3.15. The van der Waals surface area contributed by atoms with Crippen LogP contribution < -0.4 is 16.1 Å². The van der Waals surface area contributed by atoms with Gasteiger partial charge < -0.3 is 10.6 Å². The SMILES string of the molecule is CCNC(=O)NCc1c(C(=O)NN2CCCCC2)nn(-c2ccc(Cl)cc2Cl)c1-c1ccc(C#Cc2ccc(C)cc2)s1. The number of amides is 3. The molecule has 11 heteroatoms.